The van der Waals surface area contributed by atoms with Crippen LogP contribution in [0.2, 0.25) is 0 Å². The number of nitrogens with zero attached hydrogens (tertiary/aromatic N) is 2. The topological polar surface area (TPSA) is 54.5 Å². The molecule has 3 aliphatic heterocycles. The maximum absolute atomic E-state index is 14.7. The summed E-state index contributed by atoms with van der Waals surface area (Å²) in [5, 5.41) is 8.18. The quantitative estimate of drug-likeness (QED) is 0.191. The highest BCUT2D eigenvalue weighted by Crippen LogP contribution is 2.43. The van der Waals surface area contributed by atoms with Crippen molar-refractivity contribution in [3.05, 3.63) is 127 Å². The van der Waals surface area contributed by atoms with Gasteiger partial charge >= 0.3 is 0 Å². The maximum Gasteiger partial charge on any atom is 0.252 e. The lowest BCUT2D eigenvalue weighted by molar-refractivity contribution is -0.0152. The molecule has 2 bridgehead atoms. The van der Waals surface area contributed by atoms with E-state index in [-0.39, 0.29) is 18.0 Å². The molecular formula is C39H40N3O2P. The maximum atomic E-state index is 14.7. The lowest BCUT2D eigenvalue weighted by Crippen LogP contribution is -2.57. The van der Waals surface area contributed by atoms with E-state index in [0.717, 1.165) is 58.5 Å². The van der Waals surface area contributed by atoms with Gasteiger partial charge in [-0.25, -0.2) is 0 Å². The third kappa shape index (κ3) is 5.88. The molecule has 0 aliphatic carbocycles. The molecule has 228 valence electrons. The van der Waals surface area contributed by atoms with Crippen LogP contribution in [0.3, 0.4) is 0 Å². The van der Waals surface area contributed by atoms with E-state index >= 15 is 0 Å². The second-order valence-electron chi connectivity index (χ2n) is 12.3. The van der Waals surface area contributed by atoms with E-state index in [1.54, 1.807) is 7.11 Å². The van der Waals surface area contributed by atoms with Crippen LogP contribution in [0.15, 0.2) is 115 Å². The molecule has 4 unspecified atom stereocenters. The second-order valence-corrected chi connectivity index (χ2v) is 14.5. The van der Waals surface area contributed by atoms with Gasteiger partial charge in [-0.05, 0) is 91.0 Å². The highest BCUT2D eigenvalue weighted by atomic mass is 31.1. The van der Waals surface area contributed by atoms with E-state index < -0.39 is 7.92 Å². The van der Waals surface area contributed by atoms with Gasteiger partial charge in [0.15, 0.2) is 0 Å². The lowest BCUT2D eigenvalue weighted by Gasteiger charge is -2.52. The Labute approximate surface area is 267 Å². The van der Waals surface area contributed by atoms with Crippen LogP contribution >= 0.6 is 7.92 Å². The van der Waals surface area contributed by atoms with Crippen molar-refractivity contribution in [3.63, 3.8) is 0 Å². The average Bonchev–Trinajstić information content (AvgIpc) is 3.11. The molecule has 5 nitrogen and oxygen atoms in total. The van der Waals surface area contributed by atoms with E-state index in [0.29, 0.717) is 5.92 Å². The van der Waals surface area contributed by atoms with Crippen LogP contribution in [0.1, 0.15) is 48.1 Å². The third-order valence-corrected chi connectivity index (χ3v) is 12.4. The van der Waals surface area contributed by atoms with Crippen molar-refractivity contribution in [2.24, 2.45) is 11.8 Å². The number of methoxy groups -OCH3 is 1. The highest BCUT2D eigenvalue weighted by Gasteiger charge is 2.43. The van der Waals surface area contributed by atoms with E-state index in [4.69, 9.17) is 4.74 Å². The Morgan fingerprint density at radius 2 is 1.67 bits per heavy atom. The summed E-state index contributed by atoms with van der Waals surface area (Å²) in [6, 6.07) is 37.5. The fraction of sp³-hybridized carbons (Fsp3) is 0.282. The Balaban J connectivity index is 1.32. The van der Waals surface area contributed by atoms with Crippen molar-refractivity contribution < 1.29 is 9.53 Å². The van der Waals surface area contributed by atoms with Gasteiger partial charge in [-0.3, -0.25) is 14.7 Å². The molecule has 0 saturated carbocycles. The standard InChI is InChI=1S/C39H40N3O2P/c1-3-27-26-42-23-21-28(27)24-36(42)38(32-20-22-40-35-19-18-29(44-2)25-34(32)35)41-39(43)33-16-10-11-17-37(33)45(30-12-6-4-7-13-30)31-14-8-5-9-15-31/h4-20,22,25,27-28,36,38H,3,21,23-24,26H2,1-2H3,(H,41,43)/t27?,28?,36?,38-/m1/s1. The number of nitrogens with one attached hydrogen (secondary N) is 1. The molecule has 6 heteroatoms. The Morgan fingerprint density at radius 3 is 2.33 bits per heavy atom. The van der Waals surface area contributed by atoms with E-state index in [2.05, 4.69) is 107 Å². The van der Waals surface area contributed by atoms with E-state index in [9.17, 15) is 4.79 Å². The van der Waals surface area contributed by atoms with Gasteiger partial charge in [0.05, 0.1) is 18.7 Å². The van der Waals surface area contributed by atoms with Crippen LogP contribution in [-0.4, -0.2) is 42.0 Å². The zero-order valence-electron chi connectivity index (χ0n) is 26.0. The van der Waals surface area contributed by atoms with Gasteiger partial charge in [0.2, 0.25) is 0 Å². The molecule has 45 heavy (non-hydrogen) atoms. The Kier molecular flexibility index (Phi) is 8.65. The number of aromatic nitrogens is 1. The molecule has 5 aromatic rings. The largest absolute Gasteiger partial charge is 0.497 e. The van der Waals surface area contributed by atoms with Crippen LogP contribution in [0.25, 0.3) is 10.9 Å². The molecule has 3 fully saturated rings. The lowest BCUT2D eigenvalue weighted by atomic mass is 9.72. The molecular weight excluding hydrogens is 573 g/mol. The number of hydrogen-bond donors (Lipinski definition) is 1. The van der Waals surface area contributed by atoms with Crippen molar-refractivity contribution in [2.45, 2.75) is 38.3 Å². The fourth-order valence-corrected chi connectivity index (χ4v) is 10.0. The van der Waals surface area contributed by atoms with Gasteiger partial charge in [-0.15, -0.1) is 0 Å². The first-order valence-electron chi connectivity index (χ1n) is 16.1. The molecule has 1 amide bonds. The van der Waals surface area contributed by atoms with Crippen molar-refractivity contribution in [1.82, 2.24) is 15.2 Å². The monoisotopic (exact) mass is 613 g/mol. The van der Waals surface area contributed by atoms with Crippen LogP contribution in [0.4, 0.5) is 0 Å². The highest BCUT2D eigenvalue weighted by molar-refractivity contribution is 7.80. The molecule has 0 radical (unpaired) electrons. The SMILES string of the molecule is CCC1CN2CCC1CC2[C@H](NC(=O)c1ccccc1P(c1ccccc1)c1ccccc1)c1ccnc2ccc(OC)cc12. The first-order chi connectivity index (χ1) is 22.1. The molecule has 0 spiro atoms. The van der Waals surface area contributed by atoms with Crippen LogP contribution in [0.5, 0.6) is 5.75 Å². The van der Waals surface area contributed by atoms with Crippen LogP contribution in [-0.2, 0) is 0 Å². The van der Waals surface area contributed by atoms with Gasteiger partial charge in [-0.1, -0.05) is 92.2 Å². The number of fused-ring (bicyclic) bond motifs is 4. The first kappa shape index (κ1) is 29.6. The zero-order valence-corrected chi connectivity index (χ0v) is 26.9. The van der Waals surface area contributed by atoms with Crippen LogP contribution < -0.4 is 26.0 Å². The minimum Gasteiger partial charge on any atom is -0.497 e. The number of pyridine rings is 1. The molecule has 8 rings (SSSR count). The predicted octanol–water partition coefficient (Wildman–Crippen LogP) is 6.59. The minimum absolute atomic E-state index is 0.0301. The minimum atomic E-state index is -0.939. The van der Waals surface area contributed by atoms with Crippen LogP contribution in [0, 0.1) is 11.8 Å². The second kappa shape index (κ2) is 13.1. The van der Waals surface area contributed by atoms with Crippen molar-refractivity contribution in [2.75, 3.05) is 20.2 Å². The van der Waals surface area contributed by atoms with Gasteiger partial charge in [0.25, 0.3) is 5.91 Å². The summed E-state index contributed by atoms with van der Waals surface area (Å²) in [5.41, 5.74) is 2.75. The number of amides is 1. The summed E-state index contributed by atoms with van der Waals surface area (Å²) in [6.45, 7) is 4.49. The van der Waals surface area contributed by atoms with Gasteiger partial charge in [0.1, 0.15) is 5.75 Å². The zero-order chi connectivity index (χ0) is 30.8. The smallest absolute Gasteiger partial charge is 0.252 e. The number of carbonyl (C=O) groups excluding carboxylic acids is 1. The van der Waals surface area contributed by atoms with E-state index in [1.807, 2.05) is 30.5 Å². The first-order valence-corrected chi connectivity index (χ1v) is 17.5. The van der Waals surface area contributed by atoms with Gasteiger partial charge in [-0.2, -0.15) is 0 Å². The molecule has 3 aliphatic rings. The number of piperidine rings is 3. The predicted molar refractivity (Wildman–Crippen MR) is 186 cm³/mol. The summed E-state index contributed by atoms with van der Waals surface area (Å²) in [4.78, 5) is 22.0. The molecule has 3 saturated heterocycles. The summed E-state index contributed by atoms with van der Waals surface area (Å²) >= 11 is 0. The van der Waals surface area contributed by atoms with Crippen molar-refractivity contribution in [3.8, 4) is 5.75 Å². The molecule has 4 aromatic carbocycles. The summed E-state index contributed by atoms with van der Waals surface area (Å²) in [7, 11) is 0.757. The molecule has 1 N–H and O–H groups in total. The average molecular weight is 614 g/mol. The summed E-state index contributed by atoms with van der Waals surface area (Å²) in [6.07, 6.45) is 5.41. The summed E-state index contributed by atoms with van der Waals surface area (Å²) < 4.78 is 5.63. The third-order valence-electron chi connectivity index (χ3n) is 9.87. The number of carbonyl (C=O) groups is 1. The number of rotatable bonds is 9. The molecule has 4 heterocycles. The normalized spacial score (nSPS) is 21.5. The van der Waals surface area contributed by atoms with E-state index in [1.165, 1.54) is 23.5 Å². The Morgan fingerprint density at radius 1 is 0.956 bits per heavy atom. The van der Waals surface area contributed by atoms with Crippen molar-refractivity contribution >= 4 is 40.6 Å². The molecule has 1 aromatic heterocycles. The van der Waals surface area contributed by atoms with Gasteiger partial charge in [0, 0.05) is 29.7 Å². The Hall–Kier alpha value is -4.05. The Bertz CT molecular complexity index is 1740. The summed E-state index contributed by atoms with van der Waals surface area (Å²) in [5.74, 6) is 2.17. The van der Waals surface area contributed by atoms with Crippen molar-refractivity contribution in [1.29, 1.82) is 0 Å². The molecule has 5 atom stereocenters. The fourth-order valence-electron chi connectivity index (χ4n) is 7.58. The number of hydrogen-bond acceptors (Lipinski definition) is 4. The number of ether oxygens (including phenoxy) is 1. The van der Waals surface area contributed by atoms with Gasteiger partial charge < -0.3 is 10.1 Å². The number of benzene rings is 4.